The van der Waals surface area contributed by atoms with Gasteiger partial charge in [-0.25, -0.2) is 0 Å². The predicted molar refractivity (Wildman–Crippen MR) is 71.1 cm³/mol. The molecule has 1 saturated carbocycles. The van der Waals surface area contributed by atoms with Gasteiger partial charge in [0.2, 0.25) is 0 Å². The van der Waals surface area contributed by atoms with Crippen LogP contribution < -0.4 is 0 Å². The van der Waals surface area contributed by atoms with Crippen molar-refractivity contribution in [3.05, 3.63) is 12.2 Å². The Bertz CT molecular complexity index is 307. The van der Waals surface area contributed by atoms with Gasteiger partial charge >= 0.3 is 5.97 Å². The Hall–Kier alpha value is -1.12. The number of ether oxygens (including phenoxy) is 1. The molecule has 0 aromatic carbocycles. The number of carbonyl (C=O) groups is 2. The molecule has 0 aromatic rings. The van der Waals surface area contributed by atoms with Crippen LogP contribution in [-0.4, -0.2) is 18.4 Å². The molecule has 2 atom stereocenters. The third kappa shape index (κ3) is 4.63. The van der Waals surface area contributed by atoms with E-state index in [1.807, 2.05) is 6.92 Å². The van der Waals surface area contributed by atoms with Gasteiger partial charge in [-0.15, -0.1) is 0 Å². The lowest BCUT2D eigenvalue weighted by atomic mass is 9.89. The highest BCUT2D eigenvalue weighted by Gasteiger charge is 2.35. The summed E-state index contributed by atoms with van der Waals surface area (Å²) in [6, 6.07) is 0. The number of hydrogen-bond donors (Lipinski definition) is 0. The van der Waals surface area contributed by atoms with Crippen LogP contribution in [0.1, 0.15) is 52.4 Å². The first kappa shape index (κ1) is 14.9. The number of allylic oxidation sites excluding steroid dienone is 2. The molecule has 102 valence electrons. The van der Waals surface area contributed by atoms with Crippen molar-refractivity contribution in [3.63, 3.8) is 0 Å². The standard InChI is InChI=1S/C15H24O3/c1-3-5-6-7-13-12(8-9-14(13)16)11-15(17)18-10-4-2/h5-6,12-13H,3-4,7-11H2,1-2H3. The zero-order valence-electron chi connectivity index (χ0n) is 11.5. The molecule has 3 heteroatoms. The smallest absolute Gasteiger partial charge is 0.306 e. The van der Waals surface area contributed by atoms with Crippen molar-refractivity contribution in [1.29, 1.82) is 0 Å². The number of ketones is 1. The third-order valence-corrected chi connectivity index (χ3v) is 3.43. The van der Waals surface area contributed by atoms with Crippen LogP contribution in [0.2, 0.25) is 0 Å². The molecule has 0 saturated heterocycles. The lowest BCUT2D eigenvalue weighted by Gasteiger charge is -2.16. The van der Waals surface area contributed by atoms with E-state index in [-0.39, 0.29) is 17.8 Å². The molecule has 3 nitrogen and oxygen atoms in total. The normalized spacial score (nSPS) is 23.8. The van der Waals surface area contributed by atoms with Gasteiger partial charge in [-0.05, 0) is 31.6 Å². The van der Waals surface area contributed by atoms with Crippen LogP contribution in [0.3, 0.4) is 0 Å². The summed E-state index contributed by atoms with van der Waals surface area (Å²) in [6.45, 7) is 4.54. The van der Waals surface area contributed by atoms with Crippen molar-refractivity contribution in [2.45, 2.75) is 52.4 Å². The van der Waals surface area contributed by atoms with Gasteiger partial charge in [0, 0.05) is 18.8 Å². The van der Waals surface area contributed by atoms with Crippen molar-refractivity contribution in [2.75, 3.05) is 6.61 Å². The second-order valence-corrected chi connectivity index (χ2v) is 4.91. The van der Waals surface area contributed by atoms with Gasteiger partial charge in [0.1, 0.15) is 5.78 Å². The fraction of sp³-hybridized carbons (Fsp3) is 0.733. The SMILES string of the molecule is CCC=CCC1C(=O)CCC1CC(=O)OCCC. The Morgan fingerprint density at radius 3 is 2.83 bits per heavy atom. The average Bonchev–Trinajstić information content (AvgIpc) is 2.69. The molecule has 1 aliphatic carbocycles. The van der Waals surface area contributed by atoms with Crippen molar-refractivity contribution >= 4 is 11.8 Å². The molecule has 1 fully saturated rings. The van der Waals surface area contributed by atoms with E-state index in [1.54, 1.807) is 0 Å². The molecule has 0 spiro atoms. The molecular formula is C15H24O3. The highest BCUT2D eigenvalue weighted by Crippen LogP contribution is 2.34. The van der Waals surface area contributed by atoms with Gasteiger partial charge in [-0.3, -0.25) is 9.59 Å². The summed E-state index contributed by atoms with van der Waals surface area (Å²) in [5.41, 5.74) is 0. The summed E-state index contributed by atoms with van der Waals surface area (Å²) in [5, 5.41) is 0. The van der Waals surface area contributed by atoms with E-state index < -0.39 is 0 Å². The molecule has 0 heterocycles. The number of Topliss-reactive ketones (excluding diaryl/α,β-unsaturated/α-hetero) is 1. The lowest BCUT2D eigenvalue weighted by molar-refractivity contribution is -0.145. The highest BCUT2D eigenvalue weighted by molar-refractivity contribution is 5.84. The second kappa shape index (κ2) is 8.06. The zero-order chi connectivity index (χ0) is 13.4. The van der Waals surface area contributed by atoms with Crippen LogP contribution in [0.15, 0.2) is 12.2 Å². The molecular weight excluding hydrogens is 228 g/mol. The van der Waals surface area contributed by atoms with Crippen LogP contribution >= 0.6 is 0 Å². The minimum absolute atomic E-state index is 0.0296. The molecule has 0 aromatic heterocycles. The monoisotopic (exact) mass is 252 g/mol. The van der Waals surface area contributed by atoms with Crippen molar-refractivity contribution < 1.29 is 14.3 Å². The number of esters is 1. The van der Waals surface area contributed by atoms with Crippen molar-refractivity contribution in [2.24, 2.45) is 11.8 Å². The van der Waals surface area contributed by atoms with E-state index in [4.69, 9.17) is 4.74 Å². The Labute approximate surface area is 110 Å². The molecule has 2 unspecified atom stereocenters. The fourth-order valence-electron chi connectivity index (χ4n) is 2.44. The molecule has 1 rings (SSSR count). The minimum atomic E-state index is -0.152. The van der Waals surface area contributed by atoms with Crippen LogP contribution in [-0.2, 0) is 14.3 Å². The average molecular weight is 252 g/mol. The topological polar surface area (TPSA) is 43.4 Å². The summed E-state index contributed by atoms with van der Waals surface area (Å²) in [4.78, 5) is 23.4. The molecule has 0 amide bonds. The maximum absolute atomic E-state index is 11.8. The lowest BCUT2D eigenvalue weighted by Crippen LogP contribution is -2.18. The second-order valence-electron chi connectivity index (χ2n) is 4.91. The summed E-state index contributed by atoms with van der Waals surface area (Å²) in [7, 11) is 0. The van der Waals surface area contributed by atoms with E-state index in [2.05, 4.69) is 19.1 Å². The molecule has 1 aliphatic rings. The Morgan fingerprint density at radius 2 is 2.17 bits per heavy atom. The van der Waals surface area contributed by atoms with Gasteiger partial charge in [-0.1, -0.05) is 26.0 Å². The maximum Gasteiger partial charge on any atom is 0.306 e. The van der Waals surface area contributed by atoms with E-state index in [9.17, 15) is 9.59 Å². The molecule has 0 radical (unpaired) electrons. The zero-order valence-corrected chi connectivity index (χ0v) is 11.5. The Kier molecular flexibility index (Phi) is 6.69. The first-order valence-electron chi connectivity index (χ1n) is 7.02. The first-order chi connectivity index (χ1) is 8.69. The van der Waals surface area contributed by atoms with E-state index in [0.29, 0.717) is 25.2 Å². The summed E-state index contributed by atoms with van der Waals surface area (Å²) < 4.78 is 5.09. The van der Waals surface area contributed by atoms with Crippen LogP contribution in [0.5, 0.6) is 0 Å². The first-order valence-corrected chi connectivity index (χ1v) is 7.02. The summed E-state index contributed by atoms with van der Waals surface area (Å²) in [6.07, 6.45) is 8.62. The van der Waals surface area contributed by atoms with E-state index in [1.165, 1.54) is 0 Å². The fourth-order valence-corrected chi connectivity index (χ4v) is 2.44. The summed E-state index contributed by atoms with van der Waals surface area (Å²) in [5.74, 6) is 0.371. The third-order valence-electron chi connectivity index (χ3n) is 3.43. The number of carbonyl (C=O) groups excluding carboxylic acids is 2. The van der Waals surface area contributed by atoms with E-state index in [0.717, 1.165) is 25.7 Å². The Morgan fingerprint density at radius 1 is 1.39 bits per heavy atom. The molecule has 18 heavy (non-hydrogen) atoms. The maximum atomic E-state index is 11.8. The van der Waals surface area contributed by atoms with Gasteiger partial charge < -0.3 is 4.74 Å². The van der Waals surface area contributed by atoms with Crippen LogP contribution in [0.25, 0.3) is 0 Å². The van der Waals surface area contributed by atoms with E-state index >= 15 is 0 Å². The summed E-state index contributed by atoms with van der Waals surface area (Å²) >= 11 is 0. The van der Waals surface area contributed by atoms with Gasteiger partial charge in [0.25, 0.3) is 0 Å². The predicted octanol–water partition coefficient (Wildman–Crippen LogP) is 3.28. The van der Waals surface area contributed by atoms with Gasteiger partial charge in [0.05, 0.1) is 6.61 Å². The molecule has 0 N–H and O–H groups in total. The molecule has 0 bridgehead atoms. The van der Waals surface area contributed by atoms with Gasteiger partial charge in [0.15, 0.2) is 0 Å². The highest BCUT2D eigenvalue weighted by atomic mass is 16.5. The van der Waals surface area contributed by atoms with Crippen LogP contribution in [0.4, 0.5) is 0 Å². The number of hydrogen-bond acceptors (Lipinski definition) is 3. The van der Waals surface area contributed by atoms with Crippen molar-refractivity contribution in [3.8, 4) is 0 Å². The Balaban J connectivity index is 2.45. The molecule has 0 aliphatic heterocycles. The van der Waals surface area contributed by atoms with Gasteiger partial charge in [-0.2, -0.15) is 0 Å². The largest absolute Gasteiger partial charge is 0.466 e. The minimum Gasteiger partial charge on any atom is -0.466 e. The number of rotatable bonds is 7. The van der Waals surface area contributed by atoms with Crippen molar-refractivity contribution in [1.82, 2.24) is 0 Å². The van der Waals surface area contributed by atoms with Crippen LogP contribution in [0, 0.1) is 11.8 Å². The quantitative estimate of drug-likeness (QED) is 0.516.